The summed E-state index contributed by atoms with van der Waals surface area (Å²) in [6.07, 6.45) is -2.96. The lowest BCUT2D eigenvalue weighted by molar-refractivity contribution is -0.137. The van der Waals surface area contributed by atoms with Gasteiger partial charge >= 0.3 is 12.2 Å². The van der Waals surface area contributed by atoms with Gasteiger partial charge in [0.1, 0.15) is 11.3 Å². The van der Waals surface area contributed by atoms with Crippen molar-refractivity contribution in [1.82, 2.24) is 19.3 Å². The standard InChI is InChI=1S/C17H15F3N6OS/c1-2-26(28)16(27)25-13-8-7-12-15(23-13)24-14(9-21-12)22-11-5-3-10(4-6-11)17(18,19)20/h3-9,28H,2H2,1H3,(H2,22,23,24,25,27). The van der Waals surface area contributed by atoms with Gasteiger partial charge in [0.25, 0.3) is 0 Å². The number of anilines is 3. The van der Waals surface area contributed by atoms with E-state index in [1.54, 1.807) is 19.1 Å². The quantitative estimate of drug-likeness (QED) is 0.554. The third-order valence-corrected chi connectivity index (χ3v) is 4.12. The number of benzene rings is 1. The molecule has 0 aliphatic carbocycles. The molecule has 0 saturated heterocycles. The van der Waals surface area contributed by atoms with Gasteiger partial charge in [-0.2, -0.15) is 13.2 Å². The van der Waals surface area contributed by atoms with Crippen molar-refractivity contribution in [2.24, 2.45) is 0 Å². The Kier molecular flexibility index (Phi) is 5.54. The topological polar surface area (TPSA) is 83.0 Å². The molecule has 0 radical (unpaired) electrons. The van der Waals surface area contributed by atoms with Crippen molar-refractivity contribution < 1.29 is 18.0 Å². The van der Waals surface area contributed by atoms with Crippen molar-refractivity contribution in [2.75, 3.05) is 17.2 Å². The average Bonchev–Trinajstić information content (AvgIpc) is 2.66. The molecule has 0 aliphatic heterocycles. The Hall–Kier alpha value is -3.08. The molecular weight excluding hydrogens is 393 g/mol. The van der Waals surface area contributed by atoms with Crippen LogP contribution in [0.2, 0.25) is 0 Å². The van der Waals surface area contributed by atoms with Gasteiger partial charge in [-0.15, -0.1) is 0 Å². The van der Waals surface area contributed by atoms with Crippen LogP contribution in [0.5, 0.6) is 0 Å². The number of thiol groups is 1. The van der Waals surface area contributed by atoms with Crippen molar-refractivity contribution >= 4 is 47.3 Å². The minimum absolute atomic E-state index is 0.261. The maximum absolute atomic E-state index is 12.6. The molecular formula is C17H15F3N6OS. The molecule has 0 bridgehead atoms. The summed E-state index contributed by atoms with van der Waals surface area (Å²) in [5, 5.41) is 5.45. The number of nitrogens with one attached hydrogen (secondary N) is 2. The normalized spacial score (nSPS) is 11.3. The van der Waals surface area contributed by atoms with Gasteiger partial charge < -0.3 is 5.32 Å². The predicted molar refractivity (Wildman–Crippen MR) is 102 cm³/mol. The lowest BCUT2D eigenvalue weighted by Gasteiger charge is -2.13. The number of carbonyl (C=O) groups excluding carboxylic acids is 1. The maximum atomic E-state index is 12.6. The predicted octanol–water partition coefficient (Wildman–Crippen LogP) is 4.49. The van der Waals surface area contributed by atoms with Crippen molar-refractivity contribution in [3.63, 3.8) is 0 Å². The van der Waals surface area contributed by atoms with E-state index in [4.69, 9.17) is 0 Å². The molecule has 0 atom stereocenters. The van der Waals surface area contributed by atoms with E-state index in [0.717, 1.165) is 12.1 Å². The lowest BCUT2D eigenvalue weighted by atomic mass is 10.2. The van der Waals surface area contributed by atoms with Crippen LogP contribution in [0, 0.1) is 0 Å². The van der Waals surface area contributed by atoms with E-state index in [1.165, 1.54) is 22.6 Å². The lowest BCUT2D eigenvalue weighted by Crippen LogP contribution is -2.27. The first-order valence-corrected chi connectivity index (χ1v) is 8.51. The number of alkyl halides is 3. The number of rotatable bonds is 4. The second-order valence-electron chi connectivity index (χ2n) is 5.64. The zero-order valence-corrected chi connectivity index (χ0v) is 15.4. The van der Waals surface area contributed by atoms with Crippen LogP contribution in [0.4, 0.5) is 35.3 Å². The Balaban J connectivity index is 1.80. The second kappa shape index (κ2) is 7.89. The van der Waals surface area contributed by atoms with Gasteiger partial charge in [-0.3, -0.25) is 9.62 Å². The van der Waals surface area contributed by atoms with E-state index in [1.807, 2.05) is 0 Å². The van der Waals surface area contributed by atoms with Crippen LogP contribution in [-0.2, 0) is 6.18 Å². The fraction of sp³-hybridized carbons (Fsp3) is 0.176. The summed E-state index contributed by atoms with van der Waals surface area (Å²) in [7, 11) is 0. The van der Waals surface area contributed by atoms with Crippen LogP contribution in [0.1, 0.15) is 12.5 Å². The molecule has 7 nitrogen and oxygen atoms in total. The van der Waals surface area contributed by atoms with Gasteiger partial charge in [-0.25, -0.2) is 19.7 Å². The summed E-state index contributed by atoms with van der Waals surface area (Å²) < 4.78 is 39.1. The van der Waals surface area contributed by atoms with Crippen LogP contribution >= 0.6 is 12.8 Å². The zero-order valence-electron chi connectivity index (χ0n) is 14.5. The highest BCUT2D eigenvalue weighted by Gasteiger charge is 2.29. The van der Waals surface area contributed by atoms with Crippen LogP contribution in [0.25, 0.3) is 11.2 Å². The van der Waals surface area contributed by atoms with Crippen molar-refractivity contribution in [3.8, 4) is 0 Å². The highest BCUT2D eigenvalue weighted by molar-refractivity contribution is 7.78. The number of urea groups is 1. The monoisotopic (exact) mass is 408 g/mol. The Morgan fingerprint density at radius 3 is 2.43 bits per heavy atom. The number of hydrogen-bond donors (Lipinski definition) is 3. The number of pyridine rings is 1. The summed E-state index contributed by atoms with van der Waals surface area (Å²) in [5.41, 5.74) is 0.431. The molecule has 2 aromatic heterocycles. The Morgan fingerprint density at radius 2 is 1.79 bits per heavy atom. The molecule has 3 aromatic rings. The molecule has 2 amide bonds. The van der Waals surface area contributed by atoms with Gasteiger partial charge in [-0.1, -0.05) is 12.8 Å². The molecule has 2 heterocycles. The minimum Gasteiger partial charge on any atom is -0.339 e. The highest BCUT2D eigenvalue weighted by atomic mass is 32.1. The zero-order chi connectivity index (χ0) is 20.3. The first kappa shape index (κ1) is 19.7. The first-order chi connectivity index (χ1) is 13.3. The van der Waals surface area contributed by atoms with E-state index < -0.39 is 17.8 Å². The van der Waals surface area contributed by atoms with Gasteiger partial charge in [-0.05, 0) is 43.3 Å². The molecule has 2 N–H and O–H groups in total. The summed E-state index contributed by atoms with van der Waals surface area (Å²) >= 11 is 4.01. The van der Waals surface area contributed by atoms with Gasteiger partial charge in [0.2, 0.25) is 0 Å². The smallest absolute Gasteiger partial charge is 0.339 e. The molecule has 28 heavy (non-hydrogen) atoms. The van der Waals surface area contributed by atoms with E-state index in [9.17, 15) is 18.0 Å². The van der Waals surface area contributed by atoms with E-state index in [-0.39, 0.29) is 11.5 Å². The molecule has 0 aliphatic rings. The Bertz CT molecular complexity index is 996. The molecule has 11 heteroatoms. The summed E-state index contributed by atoms with van der Waals surface area (Å²) in [6.45, 7) is 2.18. The first-order valence-electron chi connectivity index (χ1n) is 8.11. The maximum Gasteiger partial charge on any atom is 0.416 e. The van der Waals surface area contributed by atoms with Crippen LogP contribution in [0.15, 0.2) is 42.6 Å². The summed E-state index contributed by atoms with van der Waals surface area (Å²) in [5.74, 6) is 0.568. The average molecular weight is 408 g/mol. The molecule has 0 spiro atoms. The second-order valence-corrected chi connectivity index (χ2v) is 6.12. The Labute approximate surface area is 163 Å². The number of amides is 2. The number of nitrogens with zero attached hydrogens (tertiary/aromatic N) is 4. The summed E-state index contributed by atoms with van der Waals surface area (Å²) in [4.78, 5) is 24.6. The molecule has 0 unspecified atom stereocenters. The van der Waals surface area contributed by atoms with E-state index in [0.29, 0.717) is 23.6 Å². The minimum atomic E-state index is -4.40. The van der Waals surface area contributed by atoms with Gasteiger partial charge in [0.05, 0.1) is 11.8 Å². The van der Waals surface area contributed by atoms with Crippen LogP contribution in [0.3, 0.4) is 0 Å². The summed E-state index contributed by atoms with van der Waals surface area (Å²) in [6, 6.07) is 7.32. The number of hydrogen-bond acceptors (Lipinski definition) is 6. The molecule has 0 saturated carbocycles. The molecule has 146 valence electrons. The number of aromatic nitrogens is 3. The molecule has 3 rings (SSSR count). The van der Waals surface area contributed by atoms with Gasteiger partial charge in [0.15, 0.2) is 11.5 Å². The van der Waals surface area contributed by atoms with Crippen molar-refractivity contribution in [3.05, 3.63) is 48.2 Å². The Morgan fingerprint density at radius 1 is 1.11 bits per heavy atom. The van der Waals surface area contributed by atoms with E-state index >= 15 is 0 Å². The SMILES string of the molecule is CCN(S)C(=O)Nc1ccc2ncc(Nc3ccc(C(F)(F)F)cc3)nc2n1. The van der Waals surface area contributed by atoms with Crippen LogP contribution < -0.4 is 10.6 Å². The van der Waals surface area contributed by atoms with Crippen molar-refractivity contribution in [2.45, 2.75) is 13.1 Å². The largest absolute Gasteiger partial charge is 0.416 e. The fourth-order valence-electron chi connectivity index (χ4n) is 2.24. The fourth-order valence-corrected chi connectivity index (χ4v) is 2.29. The van der Waals surface area contributed by atoms with Crippen molar-refractivity contribution in [1.29, 1.82) is 0 Å². The number of halogens is 3. The van der Waals surface area contributed by atoms with Crippen LogP contribution in [-0.4, -0.2) is 31.8 Å². The third-order valence-electron chi connectivity index (χ3n) is 3.66. The van der Waals surface area contributed by atoms with Gasteiger partial charge in [0, 0.05) is 12.2 Å². The highest BCUT2D eigenvalue weighted by Crippen LogP contribution is 2.30. The molecule has 1 aromatic carbocycles. The third kappa shape index (κ3) is 4.60. The van der Waals surface area contributed by atoms with E-state index in [2.05, 4.69) is 38.4 Å². The number of fused-ring (bicyclic) bond motifs is 1. The molecule has 0 fully saturated rings. The number of carbonyl (C=O) groups is 1.